The Kier molecular flexibility index (Phi) is 4.76. The predicted octanol–water partition coefficient (Wildman–Crippen LogP) is 3.08. The first-order valence-electron chi connectivity index (χ1n) is 7.38. The molecule has 0 spiro atoms. The number of nitrogens with zero attached hydrogens (tertiary/aromatic N) is 1. The summed E-state index contributed by atoms with van der Waals surface area (Å²) in [6.07, 6.45) is 1.88. The summed E-state index contributed by atoms with van der Waals surface area (Å²) in [5.74, 6) is 0.326. The molecule has 1 aromatic carbocycles. The van der Waals surface area contributed by atoms with Gasteiger partial charge in [-0.3, -0.25) is 10.1 Å². The summed E-state index contributed by atoms with van der Waals surface area (Å²) in [4.78, 5) is 14.2. The fourth-order valence-electron chi connectivity index (χ4n) is 2.75. The number of nitrogens with one attached hydrogen (secondary N) is 1. The minimum Gasteiger partial charge on any atom is -0.321 e. The van der Waals surface area contributed by atoms with Crippen molar-refractivity contribution in [3.63, 3.8) is 0 Å². The van der Waals surface area contributed by atoms with Gasteiger partial charge in [-0.1, -0.05) is 38.8 Å². The lowest BCUT2D eigenvalue weighted by Gasteiger charge is -2.28. The Hall–Kier alpha value is -1.42. The van der Waals surface area contributed by atoms with E-state index in [-0.39, 0.29) is 23.9 Å². The van der Waals surface area contributed by atoms with Crippen molar-refractivity contribution in [2.45, 2.75) is 45.8 Å². The highest BCUT2D eigenvalue weighted by atomic mass is 19.1. The lowest BCUT2D eigenvalue weighted by Crippen LogP contribution is -2.35. The van der Waals surface area contributed by atoms with E-state index in [0.29, 0.717) is 5.92 Å². The predicted molar refractivity (Wildman–Crippen MR) is 77.5 cm³/mol. The summed E-state index contributed by atoms with van der Waals surface area (Å²) >= 11 is 0. The van der Waals surface area contributed by atoms with Gasteiger partial charge in [-0.2, -0.15) is 0 Å². The van der Waals surface area contributed by atoms with Crippen molar-refractivity contribution in [2.75, 3.05) is 6.54 Å². The van der Waals surface area contributed by atoms with Gasteiger partial charge in [0, 0.05) is 6.54 Å². The monoisotopic (exact) mass is 278 g/mol. The Labute approximate surface area is 120 Å². The van der Waals surface area contributed by atoms with Crippen LogP contribution in [-0.2, 0) is 4.79 Å². The van der Waals surface area contributed by atoms with Crippen LogP contribution in [0.2, 0.25) is 0 Å². The number of carbonyl (C=O) groups is 1. The van der Waals surface area contributed by atoms with Crippen LogP contribution in [0.3, 0.4) is 0 Å². The smallest absolute Gasteiger partial charge is 0.241 e. The highest BCUT2D eigenvalue weighted by Crippen LogP contribution is 2.27. The van der Waals surface area contributed by atoms with Gasteiger partial charge in [-0.25, -0.2) is 4.39 Å². The van der Waals surface area contributed by atoms with E-state index in [9.17, 15) is 9.18 Å². The van der Waals surface area contributed by atoms with Crippen LogP contribution < -0.4 is 5.32 Å². The zero-order chi connectivity index (χ0) is 14.7. The standard InChI is InChI=1S/C16H23FN2O/c1-4-12(5-2)10-19-15(18-11(3)16(19)20)13-7-6-8-14(17)9-13/h6-9,11-12,15,18H,4-5,10H2,1-3H3. The third-order valence-electron chi connectivity index (χ3n) is 4.15. The van der Waals surface area contributed by atoms with Gasteiger partial charge in [0.25, 0.3) is 0 Å². The molecule has 1 aliphatic heterocycles. The van der Waals surface area contributed by atoms with Gasteiger partial charge < -0.3 is 4.90 Å². The van der Waals surface area contributed by atoms with Crippen LogP contribution in [0.5, 0.6) is 0 Å². The molecule has 0 radical (unpaired) electrons. The molecular formula is C16H23FN2O. The van der Waals surface area contributed by atoms with Gasteiger partial charge in [0.1, 0.15) is 12.0 Å². The maximum atomic E-state index is 13.4. The minimum atomic E-state index is -0.265. The molecular weight excluding hydrogens is 255 g/mol. The molecule has 3 nitrogen and oxygen atoms in total. The molecule has 2 rings (SSSR count). The van der Waals surface area contributed by atoms with E-state index in [4.69, 9.17) is 0 Å². The normalized spacial score (nSPS) is 22.9. The van der Waals surface area contributed by atoms with Crippen molar-refractivity contribution in [1.29, 1.82) is 0 Å². The Balaban J connectivity index is 2.23. The molecule has 1 N–H and O–H groups in total. The third kappa shape index (κ3) is 3.01. The molecule has 4 heteroatoms. The van der Waals surface area contributed by atoms with Crippen LogP contribution in [0, 0.1) is 11.7 Å². The number of rotatable bonds is 5. The first-order valence-corrected chi connectivity index (χ1v) is 7.38. The average Bonchev–Trinajstić information content (AvgIpc) is 2.72. The van der Waals surface area contributed by atoms with E-state index in [2.05, 4.69) is 19.2 Å². The van der Waals surface area contributed by atoms with Crippen LogP contribution >= 0.6 is 0 Å². The van der Waals surface area contributed by atoms with Gasteiger partial charge >= 0.3 is 0 Å². The SMILES string of the molecule is CCC(CC)CN1C(=O)C(C)NC1c1cccc(F)c1. The molecule has 20 heavy (non-hydrogen) atoms. The molecule has 110 valence electrons. The van der Waals surface area contributed by atoms with Crippen molar-refractivity contribution >= 4 is 5.91 Å². The third-order valence-corrected chi connectivity index (χ3v) is 4.15. The van der Waals surface area contributed by atoms with E-state index in [1.807, 2.05) is 17.9 Å². The zero-order valence-corrected chi connectivity index (χ0v) is 12.4. The Morgan fingerprint density at radius 2 is 2.05 bits per heavy atom. The van der Waals surface area contributed by atoms with Crippen LogP contribution in [0.15, 0.2) is 24.3 Å². The molecule has 1 aliphatic rings. The summed E-state index contributed by atoms with van der Waals surface area (Å²) in [6.45, 7) is 6.87. The van der Waals surface area contributed by atoms with Gasteiger partial charge in [-0.15, -0.1) is 0 Å². The number of hydrogen-bond donors (Lipinski definition) is 1. The molecule has 2 unspecified atom stereocenters. The average molecular weight is 278 g/mol. The second kappa shape index (κ2) is 6.35. The highest BCUT2D eigenvalue weighted by Gasteiger charge is 2.37. The molecule has 0 aliphatic carbocycles. The molecule has 1 aromatic rings. The fraction of sp³-hybridized carbons (Fsp3) is 0.562. The van der Waals surface area contributed by atoms with E-state index >= 15 is 0 Å². The molecule has 0 bridgehead atoms. The molecule has 0 aromatic heterocycles. The Morgan fingerprint density at radius 1 is 1.35 bits per heavy atom. The second-order valence-electron chi connectivity index (χ2n) is 5.52. The molecule has 1 amide bonds. The molecule has 1 heterocycles. The van der Waals surface area contributed by atoms with Crippen molar-refractivity contribution in [1.82, 2.24) is 10.2 Å². The van der Waals surface area contributed by atoms with Crippen LogP contribution in [0.25, 0.3) is 0 Å². The fourth-order valence-corrected chi connectivity index (χ4v) is 2.75. The maximum absolute atomic E-state index is 13.4. The van der Waals surface area contributed by atoms with Crippen molar-refractivity contribution in [3.8, 4) is 0 Å². The quantitative estimate of drug-likeness (QED) is 0.897. The van der Waals surface area contributed by atoms with E-state index < -0.39 is 0 Å². The largest absolute Gasteiger partial charge is 0.321 e. The zero-order valence-electron chi connectivity index (χ0n) is 12.4. The molecule has 0 saturated carbocycles. The molecule has 2 atom stereocenters. The Morgan fingerprint density at radius 3 is 2.65 bits per heavy atom. The summed E-state index contributed by atoms with van der Waals surface area (Å²) in [5.41, 5.74) is 0.814. The summed E-state index contributed by atoms with van der Waals surface area (Å²) in [7, 11) is 0. The number of benzene rings is 1. The second-order valence-corrected chi connectivity index (χ2v) is 5.52. The minimum absolute atomic E-state index is 0.103. The van der Waals surface area contributed by atoms with Crippen LogP contribution in [0.1, 0.15) is 45.3 Å². The Bertz CT molecular complexity index is 473. The van der Waals surface area contributed by atoms with Gasteiger partial charge in [0.2, 0.25) is 5.91 Å². The summed E-state index contributed by atoms with van der Waals surface area (Å²) < 4.78 is 13.4. The van der Waals surface area contributed by atoms with Gasteiger partial charge in [0.15, 0.2) is 0 Å². The maximum Gasteiger partial charge on any atom is 0.241 e. The summed E-state index contributed by atoms with van der Waals surface area (Å²) in [5, 5.41) is 3.26. The van der Waals surface area contributed by atoms with E-state index in [1.54, 1.807) is 6.07 Å². The van der Waals surface area contributed by atoms with Crippen molar-refractivity contribution in [2.24, 2.45) is 5.92 Å². The lowest BCUT2D eigenvalue weighted by molar-refractivity contribution is -0.130. The van der Waals surface area contributed by atoms with Crippen LogP contribution in [0.4, 0.5) is 4.39 Å². The summed E-state index contributed by atoms with van der Waals surface area (Å²) in [6, 6.07) is 6.27. The van der Waals surface area contributed by atoms with Crippen molar-refractivity contribution in [3.05, 3.63) is 35.6 Å². The van der Waals surface area contributed by atoms with E-state index in [1.165, 1.54) is 12.1 Å². The highest BCUT2D eigenvalue weighted by molar-refractivity contribution is 5.84. The lowest BCUT2D eigenvalue weighted by atomic mass is 10.0. The topological polar surface area (TPSA) is 32.3 Å². The van der Waals surface area contributed by atoms with E-state index in [0.717, 1.165) is 24.9 Å². The number of amides is 1. The molecule has 1 saturated heterocycles. The van der Waals surface area contributed by atoms with Gasteiger partial charge in [0.05, 0.1) is 6.04 Å². The molecule has 1 fully saturated rings. The van der Waals surface area contributed by atoms with Gasteiger partial charge in [-0.05, 0) is 30.5 Å². The number of halogens is 1. The first-order chi connectivity index (χ1) is 9.56. The van der Waals surface area contributed by atoms with Crippen LogP contribution in [-0.4, -0.2) is 23.4 Å². The first kappa shape index (κ1) is 15.0. The van der Waals surface area contributed by atoms with Crippen molar-refractivity contribution < 1.29 is 9.18 Å². The number of carbonyl (C=O) groups excluding carboxylic acids is 1. The number of hydrogen-bond acceptors (Lipinski definition) is 2.